The molecule has 1 atom stereocenters. The molecule has 0 bridgehead atoms. The first-order valence-corrected chi connectivity index (χ1v) is 9.48. The number of sulfonamides is 1. The second kappa shape index (κ2) is 8.25. The number of ether oxygens (including phenoxy) is 2. The van der Waals surface area contributed by atoms with Crippen molar-refractivity contribution >= 4 is 27.7 Å². The van der Waals surface area contributed by atoms with Crippen molar-refractivity contribution < 1.29 is 22.7 Å². The minimum atomic E-state index is -3.84. The Balaban J connectivity index is 2.87. The maximum atomic E-state index is 12.8. The van der Waals surface area contributed by atoms with Crippen molar-refractivity contribution in [1.82, 2.24) is 9.62 Å². The van der Waals surface area contributed by atoms with E-state index in [9.17, 15) is 13.2 Å². The molecule has 0 spiro atoms. The van der Waals surface area contributed by atoms with E-state index in [4.69, 9.17) is 21.1 Å². The van der Waals surface area contributed by atoms with Gasteiger partial charge < -0.3 is 14.8 Å². The normalized spacial score (nSPS) is 13.4. The van der Waals surface area contributed by atoms with Crippen molar-refractivity contribution in [2.75, 3.05) is 20.7 Å². The predicted molar refractivity (Wildman–Crippen MR) is 96.7 cm³/mol. The zero-order valence-corrected chi connectivity index (χ0v) is 16.9. The topological polar surface area (TPSA) is 84.9 Å². The molecule has 9 heteroatoms. The number of methoxy groups -OCH3 is 1. The maximum Gasteiger partial charge on any atom is 0.407 e. The van der Waals surface area contributed by atoms with Crippen LogP contribution in [0.15, 0.2) is 23.1 Å². The van der Waals surface area contributed by atoms with Crippen molar-refractivity contribution in [3.63, 3.8) is 0 Å². The molecule has 0 aromatic heterocycles. The Morgan fingerprint density at radius 1 is 1.36 bits per heavy atom. The fraction of sp³-hybridized carbons (Fsp3) is 0.562. The maximum absolute atomic E-state index is 12.8. The Morgan fingerprint density at radius 3 is 2.48 bits per heavy atom. The molecule has 0 saturated carbocycles. The van der Waals surface area contributed by atoms with E-state index in [-0.39, 0.29) is 22.2 Å². The number of rotatable bonds is 6. The molecule has 0 radical (unpaired) electrons. The Morgan fingerprint density at radius 2 is 1.96 bits per heavy atom. The van der Waals surface area contributed by atoms with Gasteiger partial charge in [-0.3, -0.25) is 0 Å². The molecule has 1 aromatic rings. The summed E-state index contributed by atoms with van der Waals surface area (Å²) in [6.07, 6.45) is -0.605. The molecule has 0 aliphatic carbocycles. The van der Waals surface area contributed by atoms with Gasteiger partial charge in [-0.15, -0.1) is 0 Å². The second-order valence-electron chi connectivity index (χ2n) is 6.63. The van der Waals surface area contributed by atoms with Crippen LogP contribution in [-0.2, 0) is 14.8 Å². The van der Waals surface area contributed by atoms with E-state index in [1.807, 2.05) is 0 Å². The Labute approximate surface area is 154 Å². The van der Waals surface area contributed by atoms with E-state index >= 15 is 0 Å². The minimum Gasteiger partial charge on any atom is -0.495 e. The van der Waals surface area contributed by atoms with Crippen LogP contribution in [0.2, 0.25) is 5.02 Å². The molecule has 0 heterocycles. The second-order valence-corrected chi connectivity index (χ2v) is 9.08. The van der Waals surface area contributed by atoms with E-state index < -0.39 is 27.8 Å². The molecule has 1 aromatic carbocycles. The van der Waals surface area contributed by atoms with Gasteiger partial charge in [-0.05, 0) is 45.9 Å². The van der Waals surface area contributed by atoms with E-state index in [0.717, 1.165) is 4.31 Å². The molecule has 0 aliphatic heterocycles. The van der Waals surface area contributed by atoms with Crippen LogP contribution in [0.5, 0.6) is 5.75 Å². The van der Waals surface area contributed by atoms with Crippen LogP contribution in [0.4, 0.5) is 4.79 Å². The summed E-state index contributed by atoms with van der Waals surface area (Å²) in [6, 6.07) is 3.91. The molecule has 25 heavy (non-hydrogen) atoms. The number of benzene rings is 1. The summed E-state index contributed by atoms with van der Waals surface area (Å²) >= 11 is 5.91. The Bertz CT molecular complexity index is 716. The molecule has 7 nitrogen and oxygen atoms in total. The number of nitrogens with one attached hydrogen (secondary N) is 1. The van der Waals surface area contributed by atoms with Crippen molar-refractivity contribution in [3.8, 4) is 5.75 Å². The average Bonchev–Trinajstić information content (AvgIpc) is 2.44. The van der Waals surface area contributed by atoms with Crippen LogP contribution in [0.3, 0.4) is 0 Å². The molecule has 0 unspecified atom stereocenters. The van der Waals surface area contributed by atoms with Gasteiger partial charge in [0.1, 0.15) is 16.2 Å². The number of nitrogens with zero attached hydrogens (tertiary/aromatic N) is 1. The molecule has 142 valence electrons. The number of carbonyl (C=O) groups is 1. The van der Waals surface area contributed by atoms with Crippen molar-refractivity contribution in [2.24, 2.45) is 0 Å². The van der Waals surface area contributed by atoms with Gasteiger partial charge in [-0.2, -0.15) is 4.31 Å². The lowest BCUT2D eigenvalue weighted by atomic mass is 10.2. The third-order valence-electron chi connectivity index (χ3n) is 3.11. The van der Waals surface area contributed by atoms with E-state index in [0.29, 0.717) is 0 Å². The highest BCUT2D eigenvalue weighted by Gasteiger charge is 2.27. The molecule has 0 aliphatic rings. The minimum absolute atomic E-state index is 0.0329. The summed E-state index contributed by atoms with van der Waals surface area (Å²) in [5.41, 5.74) is -0.629. The number of amides is 1. The fourth-order valence-corrected chi connectivity index (χ4v) is 3.73. The first kappa shape index (κ1) is 21.5. The van der Waals surface area contributed by atoms with Gasteiger partial charge in [0.25, 0.3) is 0 Å². The Kier molecular flexibility index (Phi) is 7.10. The molecular weight excluding hydrogens is 368 g/mol. The number of likely N-dealkylation sites (N-methyl/N-ethyl adjacent to an activating group) is 1. The van der Waals surface area contributed by atoms with Crippen LogP contribution in [0.1, 0.15) is 27.7 Å². The summed E-state index contributed by atoms with van der Waals surface area (Å²) in [6.45, 7) is 6.99. The first-order valence-electron chi connectivity index (χ1n) is 7.66. The van der Waals surface area contributed by atoms with Gasteiger partial charge in [0.2, 0.25) is 10.0 Å². The highest BCUT2D eigenvalue weighted by Crippen LogP contribution is 2.29. The predicted octanol–water partition coefficient (Wildman–Crippen LogP) is 2.88. The zero-order chi connectivity index (χ0) is 19.4. The molecule has 1 rings (SSSR count). The quantitative estimate of drug-likeness (QED) is 0.804. The number of hydrogen-bond donors (Lipinski definition) is 1. The van der Waals surface area contributed by atoms with Crippen molar-refractivity contribution in [3.05, 3.63) is 23.2 Å². The number of alkyl carbamates (subject to hydrolysis) is 1. The van der Waals surface area contributed by atoms with Gasteiger partial charge in [0, 0.05) is 24.7 Å². The molecule has 1 N–H and O–H groups in total. The summed E-state index contributed by atoms with van der Waals surface area (Å²) < 4.78 is 36.9. The third kappa shape index (κ3) is 6.37. The van der Waals surface area contributed by atoms with Crippen molar-refractivity contribution in [1.29, 1.82) is 0 Å². The number of carbonyl (C=O) groups excluding carboxylic acids is 1. The summed E-state index contributed by atoms with van der Waals surface area (Å²) in [5, 5.41) is 2.89. The molecule has 0 fully saturated rings. The monoisotopic (exact) mass is 392 g/mol. The highest BCUT2D eigenvalue weighted by molar-refractivity contribution is 7.89. The SMILES string of the molecule is COc1ccc(Cl)cc1S(=O)(=O)N(C)C[C@H](C)NC(=O)OC(C)(C)C. The lowest BCUT2D eigenvalue weighted by molar-refractivity contribution is 0.0504. The van der Waals surface area contributed by atoms with E-state index in [1.165, 1.54) is 26.3 Å². The molecular formula is C16H25ClN2O5S. The first-order chi connectivity index (χ1) is 11.4. The zero-order valence-electron chi connectivity index (χ0n) is 15.3. The lowest BCUT2D eigenvalue weighted by Crippen LogP contribution is -2.44. The van der Waals surface area contributed by atoms with Crippen LogP contribution in [0.25, 0.3) is 0 Å². The van der Waals surface area contributed by atoms with Gasteiger partial charge in [0.05, 0.1) is 7.11 Å². The molecule has 0 saturated heterocycles. The Hall–Kier alpha value is -1.51. The lowest BCUT2D eigenvalue weighted by Gasteiger charge is -2.25. The van der Waals surface area contributed by atoms with Crippen LogP contribution in [-0.4, -0.2) is 51.2 Å². The van der Waals surface area contributed by atoms with Gasteiger partial charge in [0.15, 0.2) is 0 Å². The summed E-state index contributed by atoms with van der Waals surface area (Å²) in [7, 11) is -1.03. The standard InChI is InChI=1S/C16H25ClN2O5S/c1-11(18-15(20)24-16(2,3)4)10-19(5)25(21,22)14-9-12(17)7-8-13(14)23-6/h7-9,11H,10H2,1-6H3,(H,18,20)/t11-/m0/s1. The highest BCUT2D eigenvalue weighted by atomic mass is 35.5. The third-order valence-corrected chi connectivity index (χ3v) is 5.19. The number of hydrogen-bond acceptors (Lipinski definition) is 5. The smallest absolute Gasteiger partial charge is 0.407 e. The van der Waals surface area contributed by atoms with Gasteiger partial charge in [-0.1, -0.05) is 11.6 Å². The molecule has 1 amide bonds. The van der Waals surface area contributed by atoms with Gasteiger partial charge >= 0.3 is 6.09 Å². The van der Waals surface area contributed by atoms with Gasteiger partial charge in [-0.25, -0.2) is 13.2 Å². The fourth-order valence-electron chi connectivity index (χ4n) is 2.06. The number of halogens is 1. The van der Waals surface area contributed by atoms with Crippen LogP contribution >= 0.6 is 11.6 Å². The van der Waals surface area contributed by atoms with Crippen LogP contribution in [0, 0.1) is 0 Å². The average molecular weight is 393 g/mol. The van der Waals surface area contributed by atoms with Crippen molar-refractivity contribution in [2.45, 2.75) is 44.2 Å². The largest absolute Gasteiger partial charge is 0.495 e. The van der Waals surface area contributed by atoms with E-state index in [1.54, 1.807) is 33.8 Å². The summed E-state index contributed by atoms with van der Waals surface area (Å²) in [5.74, 6) is 0.198. The van der Waals surface area contributed by atoms with E-state index in [2.05, 4.69) is 5.32 Å². The van der Waals surface area contributed by atoms with Crippen LogP contribution < -0.4 is 10.1 Å². The summed E-state index contributed by atoms with van der Waals surface area (Å²) in [4.78, 5) is 11.7.